The second kappa shape index (κ2) is 8.27. The van der Waals surface area contributed by atoms with Crippen molar-refractivity contribution >= 4 is 0 Å². The first-order valence-electron chi connectivity index (χ1n) is 10.1. The quantitative estimate of drug-likeness (QED) is 0.698. The Morgan fingerprint density at radius 1 is 1.00 bits per heavy atom. The number of likely N-dealkylation sites (N-methyl/N-ethyl adjacent to an activating group) is 1. The van der Waals surface area contributed by atoms with Crippen LogP contribution in [0.3, 0.4) is 0 Å². The maximum absolute atomic E-state index is 10.4. The molecule has 1 aromatic heterocycles. The van der Waals surface area contributed by atoms with Crippen LogP contribution >= 0.6 is 0 Å². The summed E-state index contributed by atoms with van der Waals surface area (Å²) in [6, 6.07) is 11.7. The van der Waals surface area contributed by atoms with Gasteiger partial charge >= 0.3 is 0 Å². The fourth-order valence-corrected chi connectivity index (χ4v) is 3.86. The van der Waals surface area contributed by atoms with Crippen LogP contribution in [0, 0.1) is 0 Å². The highest BCUT2D eigenvalue weighted by Crippen LogP contribution is 2.35. The zero-order valence-corrected chi connectivity index (χ0v) is 17.0. The van der Waals surface area contributed by atoms with E-state index in [4.69, 9.17) is 0 Å². The first-order valence-corrected chi connectivity index (χ1v) is 10.1. The van der Waals surface area contributed by atoms with Gasteiger partial charge in [0.2, 0.25) is 0 Å². The lowest BCUT2D eigenvalue weighted by Gasteiger charge is -2.32. The van der Waals surface area contributed by atoms with Crippen LogP contribution < -0.4 is 0 Å². The number of aromatic hydroxyl groups is 2. The number of aryl methyl sites for hydroxylation is 1. The maximum atomic E-state index is 10.4. The molecule has 0 aliphatic carbocycles. The lowest BCUT2D eigenvalue weighted by atomic mass is 10.1. The number of benzene rings is 2. The summed E-state index contributed by atoms with van der Waals surface area (Å²) in [7, 11) is 2.17. The lowest BCUT2D eigenvalue weighted by molar-refractivity contribution is 0.148. The lowest BCUT2D eigenvalue weighted by Crippen LogP contribution is -2.43. The molecule has 2 heterocycles. The number of nitrogens with zero attached hydrogens (tertiary/aromatic N) is 4. The van der Waals surface area contributed by atoms with Gasteiger partial charge in [-0.3, -0.25) is 9.47 Å². The van der Waals surface area contributed by atoms with Crippen molar-refractivity contribution in [1.82, 2.24) is 19.4 Å². The molecule has 6 heteroatoms. The fourth-order valence-electron chi connectivity index (χ4n) is 3.86. The van der Waals surface area contributed by atoms with E-state index in [2.05, 4.69) is 46.1 Å². The summed E-state index contributed by atoms with van der Waals surface area (Å²) >= 11 is 0. The summed E-state index contributed by atoms with van der Waals surface area (Å²) in [5.74, 6) is 0.802. The van der Waals surface area contributed by atoms with Gasteiger partial charge in [-0.2, -0.15) is 0 Å². The molecule has 0 atom stereocenters. The highest BCUT2D eigenvalue weighted by Gasteiger charge is 2.17. The molecule has 0 radical (unpaired) electrons. The number of hydrogen-bond acceptors (Lipinski definition) is 5. The standard InChI is InChI=1S/C23H28N4O2/c1-3-18-14-20(22(29)15-21(18)28)23-24-7-8-27(23)19-6-4-5-17(13-19)16-26-11-9-25(2)10-12-26/h4-8,13-15,28-29H,3,9-12,16H2,1-2H3. The smallest absolute Gasteiger partial charge is 0.148 e. The molecule has 29 heavy (non-hydrogen) atoms. The van der Waals surface area contributed by atoms with Gasteiger partial charge in [0.05, 0.1) is 5.56 Å². The number of phenols is 2. The van der Waals surface area contributed by atoms with E-state index in [1.54, 1.807) is 6.20 Å². The number of aromatic nitrogens is 2. The van der Waals surface area contributed by atoms with E-state index in [0.29, 0.717) is 17.8 Å². The highest BCUT2D eigenvalue weighted by atomic mass is 16.3. The van der Waals surface area contributed by atoms with Gasteiger partial charge in [0.15, 0.2) is 0 Å². The Labute approximate surface area is 171 Å². The van der Waals surface area contributed by atoms with Crippen molar-refractivity contribution in [3.8, 4) is 28.6 Å². The van der Waals surface area contributed by atoms with Crippen molar-refractivity contribution in [2.45, 2.75) is 19.9 Å². The number of rotatable bonds is 5. The molecule has 1 aliphatic rings. The van der Waals surface area contributed by atoms with Crippen LogP contribution in [0.25, 0.3) is 17.1 Å². The van der Waals surface area contributed by atoms with Crippen LogP contribution in [-0.4, -0.2) is 62.8 Å². The minimum atomic E-state index is 0.0285. The minimum Gasteiger partial charge on any atom is -0.508 e. The molecule has 4 rings (SSSR count). The van der Waals surface area contributed by atoms with E-state index in [1.165, 1.54) is 11.6 Å². The summed E-state index contributed by atoms with van der Waals surface area (Å²) in [6.45, 7) is 7.27. The third-order valence-corrected chi connectivity index (χ3v) is 5.65. The van der Waals surface area contributed by atoms with Gasteiger partial charge in [0, 0.05) is 56.9 Å². The summed E-state index contributed by atoms with van der Waals surface area (Å²) in [5.41, 5.74) is 3.68. The van der Waals surface area contributed by atoms with E-state index in [-0.39, 0.29) is 11.5 Å². The minimum absolute atomic E-state index is 0.0285. The predicted molar refractivity (Wildman–Crippen MR) is 114 cm³/mol. The first-order chi connectivity index (χ1) is 14.0. The second-order valence-electron chi connectivity index (χ2n) is 7.72. The molecule has 3 aromatic rings. The molecule has 0 unspecified atom stereocenters. The van der Waals surface area contributed by atoms with Crippen LogP contribution in [0.4, 0.5) is 0 Å². The van der Waals surface area contributed by atoms with Gasteiger partial charge in [0.1, 0.15) is 17.3 Å². The first kappa shape index (κ1) is 19.5. The van der Waals surface area contributed by atoms with Crippen molar-refractivity contribution in [2.24, 2.45) is 0 Å². The Morgan fingerprint density at radius 3 is 2.55 bits per heavy atom. The van der Waals surface area contributed by atoms with Gasteiger partial charge in [-0.25, -0.2) is 4.98 Å². The number of hydrogen-bond donors (Lipinski definition) is 2. The molecule has 1 saturated heterocycles. The Morgan fingerprint density at radius 2 is 1.79 bits per heavy atom. The van der Waals surface area contributed by atoms with Crippen molar-refractivity contribution in [3.63, 3.8) is 0 Å². The van der Waals surface area contributed by atoms with Crippen LogP contribution in [0.15, 0.2) is 48.8 Å². The molecule has 0 saturated carbocycles. The van der Waals surface area contributed by atoms with Crippen molar-refractivity contribution in [2.75, 3.05) is 33.2 Å². The van der Waals surface area contributed by atoms with Crippen LogP contribution in [0.5, 0.6) is 11.5 Å². The van der Waals surface area contributed by atoms with Gasteiger partial charge < -0.3 is 15.1 Å². The second-order valence-corrected chi connectivity index (χ2v) is 7.72. The topological polar surface area (TPSA) is 64.8 Å². The SMILES string of the molecule is CCc1cc(-c2nccn2-c2cccc(CN3CCN(C)CC3)c2)c(O)cc1O. The zero-order valence-electron chi connectivity index (χ0n) is 17.0. The molecule has 1 aliphatic heterocycles. The number of imidazole rings is 1. The number of phenolic OH excluding ortho intramolecular Hbond substituents is 2. The summed E-state index contributed by atoms with van der Waals surface area (Å²) in [6.07, 6.45) is 4.32. The largest absolute Gasteiger partial charge is 0.508 e. The monoisotopic (exact) mass is 392 g/mol. The average Bonchev–Trinajstić information content (AvgIpc) is 3.20. The van der Waals surface area contributed by atoms with E-state index < -0.39 is 0 Å². The van der Waals surface area contributed by atoms with Crippen molar-refractivity contribution in [1.29, 1.82) is 0 Å². The zero-order chi connectivity index (χ0) is 20.4. The van der Waals surface area contributed by atoms with Gasteiger partial charge in [-0.15, -0.1) is 0 Å². The fraction of sp³-hybridized carbons (Fsp3) is 0.348. The Hall–Kier alpha value is -2.83. The van der Waals surface area contributed by atoms with E-state index >= 15 is 0 Å². The Kier molecular flexibility index (Phi) is 5.56. The Bertz CT molecular complexity index is 990. The third kappa shape index (κ3) is 4.13. The van der Waals surface area contributed by atoms with Crippen molar-refractivity contribution < 1.29 is 10.2 Å². The summed E-state index contributed by atoms with van der Waals surface area (Å²) < 4.78 is 1.99. The molecule has 1 fully saturated rings. The van der Waals surface area contributed by atoms with Crippen molar-refractivity contribution in [3.05, 3.63) is 59.9 Å². The summed E-state index contributed by atoms with van der Waals surface area (Å²) in [5, 5.41) is 20.4. The van der Waals surface area contributed by atoms with Crippen LogP contribution in [0.2, 0.25) is 0 Å². The average molecular weight is 393 g/mol. The van der Waals surface area contributed by atoms with Crippen LogP contribution in [-0.2, 0) is 13.0 Å². The molecule has 0 amide bonds. The van der Waals surface area contributed by atoms with E-state index in [9.17, 15) is 10.2 Å². The molecule has 6 nitrogen and oxygen atoms in total. The molecular weight excluding hydrogens is 364 g/mol. The summed E-state index contributed by atoms with van der Waals surface area (Å²) in [4.78, 5) is 9.33. The molecule has 152 valence electrons. The maximum Gasteiger partial charge on any atom is 0.148 e. The van der Waals surface area contributed by atoms with Crippen LogP contribution in [0.1, 0.15) is 18.1 Å². The van der Waals surface area contributed by atoms with E-state index in [0.717, 1.165) is 44.0 Å². The Balaban J connectivity index is 1.64. The number of piperazine rings is 1. The normalized spacial score (nSPS) is 15.7. The molecule has 0 spiro atoms. The predicted octanol–water partition coefficient (Wildman–Crippen LogP) is 3.26. The van der Waals surface area contributed by atoms with E-state index in [1.807, 2.05) is 23.8 Å². The molecule has 0 bridgehead atoms. The van der Waals surface area contributed by atoms with Gasteiger partial charge in [0.25, 0.3) is 0 Å². The van der Waals surface area contributed by atoms with Gasteiger partial charge in [-0.1, -0.05) is 19.1 Å². The highest BCUT2D eigenvalue weighted by molar-refractivity contribution is 5.69. The molecular formula is C23H28N4O2. The molecule has 2 aromatic carbocycles. The van der Waals surface area contributed by atoms with Gasteiger partial charge in [-0.05, 0) is 42.8 Å². The molecule has 2 N–H and O–H groups in total. The third-order valence-electron chi connectivity index (χ3n) is 5.65.